The fourth-order valence-electron chi connectivity index (χ4n) is 3.13. The van der Waals surface area contributed by atoms with E-state index in [0.29, 0.717) is 6.42 Å². The first-order valence-electron chi connectivity index (χ1n) is 8.61. The molecule has 2 nitrogen and oxygen atoms in total. The van der Waals surface area contributed by atoms with Gasteiger partial charge in [-0.2, -0.15) is 0 Å². The third-order valence-corrected chi connectivity index (χ3v) is 4.34. The molecule has 0 unspecified atom stereocenters. The summed E-state index contributed by atoms with van der Waals surface area (Å²) in [6.45, 7) is 16.8. The summed E-state index contributed by atoms with van der Waals surface area (Å²) >= 11 is 0. The number of fused-ring (bicyclic) bond motifs is 1. The number of carbonyl (C=O) groups is 1. The van der Waals surface area contributed by atoms with Crippen molar-refractivity contribution in [3.63, 3.8) is 0 Å². The van der Waals surface area contributed by atoms with Crippen LogP contribution in [0.1, 0.15) is 65.2 Å². The molecule has 1 aromatic carbocycles. The third-order valence-electron chi connectivity index (χ3n) is 4.34. The lowest BCUT2D eigenvalue weighted by Crippen LogP contribution is -2.25. The Balaban J connectivity index is 2.62. The number of Topliss-reactive ketones (excluding diaryl/α,β-unsaturated/α-hetero) is 1. The highest BCUT2D eigenvalue weighted by molar-refractivity contribution is 5.98. The lowest BCUT2D eigenvalue weighted by atomic mass is 9.81. The number of rotatable bonds is 3. The lowest BCUT2D eigenvalue weighted by molar-refractivity contribution is -0.118. The molecule has 23 heavy (non-hydrogen) atoms. The van der Waals surface area contributed by atoms with Crippen LogP contribution in [0.4, 0.5) is 0 Å². The summed E-state index contributed by atoms with van der Waals surface area (Å²) in [7, 11) is 0. The molecule has 0 saturated carbocycles. The van der Waals surface area contributed by atoms with Crippen LogP contribution in [0.25, 0.3) is 0 Å². The van der Waals surface area contributed by atoms with Crippen LogP contribution in [0.5, 0.6) is 5.75 Å². The molecule has 0 spiro atoms. The SMILES string of the molecule is Cc1cc2c(c(C(C)(C)C)c1)OC(C(C)C)=C(C(=O)C(C)C)C2. The van der Waals surface area contributed by atoms with Gasteiger partial charge in [-0.3, -0.25) is 4.79 Å². The predicted molar refractivity (Wildman–Crippen MR) is 95.9 cm³/mol. The zero-order valence-corrected chi connectivity index (χ0v) is 15.8. The Labute approximate surface area is 140 Å². The van der Waals surface area contributed by atoms with Crippen molar-refractivity contribution >= 4 is 5.78 Å². The highest BCUT2D eigenvalue weighted by atomic mass is 16.5. The van der Waals surface area contributed by atoms with Gasteiger partial charge < -0.3 is 4.74 Å². The van der Waals surface area contributed by atoms with Crippen molar-refractivity contribution in [3.8, 4) is 5.75 Å². The van der Waals surface area contributed by atoms with Gasteiger partial charge in [-0.05, 0) is 17.9 Å². The molecule has 2 rings (SSSR count). The smallest absolute Gasteiger partial charge is 0.165 e. The van der Waals surface area contributed by atoms with Gasteiger partial charge in [0.15, 0.2) is 5.78 Å². The van der Waals surface area contributed by atoms with E-state index in [1.54, 1.807) is 0 Å². The molecule has 0 bridgehead atoms. The molecule has 1 aliphatic heterocycles. The summed E-state index contributed by atoms with van der Waals surface area (Å²) in [5, 5.41) is 0. The maximum absolute atomic E-state index is 12.7. The van der Waals surface area contributed by atoms with Gasteiger partial charge in [-0.1, -0.05) is 66.2 Å². The molecule has 1 aliphatic rings. The molecular weight excluding hydrogens is 284 g/mol. The number of benzene rings is 1. The van der Waals surface area contributed by atoms with Crippen LogP contribution in [-0.2, 0) is 16.6 Å². The van der Waals surface area contributed by atoms with Gasteiger partial charge in [0.1, 0.15) is 11.5 Å². The Bertz CT molecular complexity index is 655. The van der Waals surface area contributed by atoms with E-state index >= 15 is 0 Å². The Morgan fingerprint density at radius 1 is 1.13 bits per heavy atom. The van der Waals surface area contributed by atoms with E-state index in [-0.39, 0.29) is 23.0 Å². The van der Waals surface area contributed by atoms with Crippen LogP contribution in [-0.4, -0.2) is 5.78 Å². The molecule has 0 fully saturated rings. The normalized spacial score (nSPS) is 15.0. The maximum atomic E-state index is 12.7. The first-order chi connectivity index (χ1) is 10.5. The van der Waals surface area contributed by atoms with Gasteiger partial charge in [0.05, 0.1) is 0 Å². The average molecular weight is 314 g/mol. The van der Waals surface area contributed by atoms with Crippen LogP contribution in [0, 0.1) is 18.8 Å². The van der Waals surface area contributed by atoms with E-state index in [1.165, 1.54) is 11.1 Å². The van der Waals surface area contributed by atoms with E-state index in [2.05, 4.69) is 53.7 Å². The van der Waals surface area contributed by atoms with Crippen LogP contribution >= 0.6 is 0 Å². The number of ketones is 1. The van der Waals surface area contributed by atoms with Crippen molar-refractivity contribution in [2.24, 2.45) is 11.8 Å². The second kappa shape index (κ2) is 6.14. The van der Waals surface area contributed by atoms with E-state index in [9.17, 15) is 4.79 Å². The van der Waals surface area contributed by atoms with E-state index in [4.69, 9.17) is 4.74 Å². The van der Waals surface area contributed by atoms with E-state index in [1.807, 2.05) is 13.8 Å². The molecule has 1 aromatic rings. The highest BCUT2D eigenvalue weighted by Crippen LogP contribution is 2.42. The van der Waals surface area contributed by atoms with Crippen molar-refractivity contribution in [1.82, 2.24) is 0 Å². The van der Waals surface area contributed by atoms with Gasteiger partial charge in [-0.25, -0.2) is 0 Å². The van der Waals surface area contributed by atoms with Crippen molar-refractivity contribution in [1.29, 1.82) is 0 Å². The zero-order valence-electron chi connectivity index (χ0n) is 15.8. The minimum Gasteiger partial charge on any atom is -0.460 e. The monoisotopic (exact) mass is 314 g/mol. The summed E-state index contributed by atoms with van der Waals surface area (Å²) in [5.41, 5.74) is 4.46. The van der Waals surface area contributed by atoms with Crippen LogP contribution < -0.4 is 4.74 Å². The largest absolute Gasteiger partial charge is 0.460 e. The molecular formula is C21H30O2. The Morgan fingerprint density at radius 2 is 1.74 bits per heavy atom. The Hall–Kier alpha value is -1.57. The molecule has 0 atom stereocenters. The first-order valence-corrected chi connectivity index (χ1v) is 8.61. The van der Waals surface area contributed by atoms with Crippen molar-refractivity contribution < 1.29 is 9.53 Å². The topological polar surface area (TPSA) is 26.3 Å². The van der Waals surface area contributed by atoms with Crippen molar-refractivity contribution in [2.75, 3.05) is 0 Å². The molecule has 126 valence electrons. The minimum absolute atomic E-state index is 0.00389. The van der Waals surface area contributed by atoms with Gasteiger partial charge in [-0.15, -0.1) is 0 Å². The molecule has 2 heteroatoms. The summed E-state index contributed by atoms with van der Waals surface area (Å²) in [6, 6.07) is 4.38. The van der Waals surface area contributed by atoms with Crippen LogP contribution in [0.15, 0.2) is 23.5 Å². The molecule has 0 N–H and O–H groups in total. The molecule has 0 aromatic heterocycles. The van der Waals surface area contributed by atoms with Crippen LogP contribution in [0.3, 0.4) is 0 Å². The molecule has 0 aliphatic carbocycles. The number of hydrogen-bond donors (Lipinski definition) is 0. The summed E-state index contributed by atoms with van der Waals surface area (Å²) in [5.74, 6) is 2.22. The molecule has 1 heterocycles. The Kier molecular flexibility index (Phi) is 4.75. The average Bonchev–Trinajstić information content (AvgIpc) is 2.42. The fourth-order valence-corrected chi connectivity index (χ4v) is 3.13. The lowest BCUT2D eigenvalue weighted by Gasteiger charge is -2.31. The zero-order chi connectivity index (χ0) is 17.5. The number of hydrogen-bond acceptors (Lipinski definition) is 2. The summed E-state index contributed by atoms with van der Waals surface area (Å²) in [4.78, 5) is 12.7. The second-order valence-corrected chi connectivity index (χ2v) is 8.35. The molecule has 0 radical (unpaired) electrons. The summed E-state index contributed by atoms with van der Waals surface area (Å²) < 4.78 is 6.35. The quantitative estimate of drug-likeness (QED) is 0.750. The molecule has 0 amide bonds. The van der Waals surface area contributed by atoms with Crippen molar-refractivity contribution in [3.05, 3.63) is 40.2 Å². The number of aryl methyl sites for hydroxylation is 1. The second-order valence-electron chi connectivity index (χ2n) is 8.35. The number of ether oxygens (including phenoxy) is 1. The highest BCUT2D eigenvalue weighted by Gasteiger charge is 2.31. The number of carbonyl (C=O) groups excluding carboxylic acids is 1. The van der Waals surface area contributed by atoms with Gasteiger partial charge in [0, 0.05) is 29.4 Å². The number of allylic oxidation sites excluding steroid dienone is 2. The summed E-state index contributed by atoms with van der Waals surface area (Å²) in [6.07, 6.45) is 0.685. The third kappa shape index (κ3) is 3.52. The van der Waals surface area contributed by atoms with Gasteiger partial charge >= 0.3 is 0 Å². The molecule has 0 saturated heterocycles. The van der Waals surface area contributed by atoms with Gasteiger partial charge in [0.25, 0.3) is 0 Å². The minimum atomic E-state index is -0.00389. The van der Waals surface area contributed by atoms with Gasteiger partial charge in [0.2, 0.25) is 0 Å². The Morgan fingerprint density at radius 3 is 2.22 bits per heavy atom. The maximum Gasteiger partial charge on any atom is 0.165 e. The van der Waals surface area contributed by atoms with E-state index < -0.39 is 0 Å². The predicted octanol–water partition coefficient (Wildman–Crippen LogP) is 5.36. The standard InChI is InChI=1S/C21H30O2/c1-12(2)18(22)16-11-15-9-14(5)10-17(21(6,7)8)20(15)23-19(16)13(3)4/h9-10,12-13H,11H2,1-8H3. The first kappa shape index (κ1) is 17.8. The van der Waals surface area contributed by atoms with Crippen LogP contribution in [0.2, 0.25) is 0 Å². The van der Waals surface area contributed by atoms with E-state index in [0.717, 1.165) is 22.6 Å². The van der Waals surface area contributed by atoms with Crippen molar-refractivity contribution in [2.45, 2.75) is 67.2 Å². The fraction of sp³-hybridized carbons (Fsp3) is 0.571.